The molecule has 15 heavy (non-hydrogen) atoms. The van der Waals surface area contributed by atoms with Crippen LogP contribution in [0.3, 0.4) is 0 Å². The van der Waals surface area contributed by atoms with Crippen LogP contribution in [0.2, 0.25) is 0 Å². The predicted octanol–water partition coefficient (Wildman–Crippen LogP) is -0.304. The molecule has 6 nitrogen and oxygen atoms in total. The molecule has 1 rings (SSSR count). The molecule has 0 saturated carbocycles. The highest BCUT2D eigenvalue weighted by Crippen LogP contribution is 2.02. The van der Waals surface area contributed by atoms with Crippen LogP contribution < -0.4 is 5.73 Å². The summed E-state index contributed by atoms with van der Waals surface area (Å²) in [5, 5.41) is 7.08. The number of amidine groups is 1. The van der Waals surface area contributed by atoms with Crippen LogP contribution in [0.5, 0.6) is 0 Å². The van der Waals surface area contributed by atoms with Gasteiger partial charge in [0.2, 0.25) is 0 Å². The standard InChI is InChI=1S/C9H18N4O2/c1-12(3-2-8(10)11)9(14)13-4-6-15-7-5-13/h2-7H2,1H3,(H3,10,11). The zero-order valence-electron chi connectivity index (χ0n) is 9.03. The van der Waals surface area contributed by atoms with Crippen LogP contribution in [-0.2, 0) is 4.74 Å². The summed E-state index contributed by atoms with van der Waals surface area (Å²) in [6.45, 7) is 2.98. The molecule has 0 aromatic rings. The van der Waals surface area contributed by atoms with Gasteiger partial charge in [0.05, 0.1) is 19.0 Å². The number of urea groups is 1. The van der Waals surface area contributed by atoms with Crippen LogP contribution >= 0.6 is 0 Å². The summed E-state index contributed by atoms with van der Waals surface area (Å²) in [5.74, 6) is 0.108. The van der Waals surface area contributed by atoms with E-state index >= 15 is 0 Å². The first kappa shape index (κ1) is 11.8. The average molecular weight is 214 g/mol. The lowest BCUT2D eigenvalue weighted by atomic mass is 10.3. The zero-order valence-corrected chi connectivity index (χ0v) is 9.03. The molecular formula is C9H18N4O2. The van der Waals surface area contributed by atoms with Gasteiger partial charge < -0.3 is 20.3 Å². The lowest BCUT2D eigenvalue weighted by Gasteiger charge is -2.30. The lowest BCUT2D eigenvalue weighted by Crippen LogP contribution is -2.47. The summed E-state index contributed by atoms with van der Waals surface area (Å²) in [5.41, 5.74) is 5.23. The minimum atomic E-state index is -0.0143. The van der Waals surface area contributed by atoms with Gasteiger partial charge in [-0.2, -0.15) is 0 Å². The molecule has 1 aliphatic rings. The number of carbonyl (C=O) groups excluding carboxylic acids is 1. The van der Waals surface area contributed by atoms with Gasteiger partial charge in [0.25, 0.3) is 0 Å². The molecule has 3 N–H and O–H groups in total. The summed E-state index contributed by atoms with van der Waals surface area (Å²) in [6.07, 6.45) is 0.423. The fourth-order valence-electron chi connectivity index (χ4n) is 1.38. The third kappa shape index (κ3) is 3.75. The van der Waals surface area contributed by atoms with E-state index in [4.69, 9.17) is 15.9 Å². The molecule has 1 heterocycles. The Bertz CT molecular complexity index is 238. The van der Waals surface area contributed by atoms with Gasteiger partial charge in [-0.3, -0.25) is 5.41 Å². The number of morpholine rings is 1. The molecule has 0 aromatic heterocycles. The van der Waals surface area contributed by atoms with Gasteiger partial charge >= 0.3 is 6.03 Å². The number of nitrogens with zero attached hydrogens (tertiary/aromatic N) is 2. The maximum Gasteiger partial charge on any atom is 0.319 e. The van der Waals surface area contributed by atoms with Crippen molar-refractivity contribution in [1.29, 1.82) is 5.41 Å². The second-order valence-corrected chi connectivity index (χ2v) is 3.58. The smallest absolute Gasteiger partial charge is 0.319 e. The third-order valence-electron chi connectivity index (χ3n) is 2.32. The number of nitrogens with two attached hydrogens (primary N) is 1. The highest BCUT2D eigenvalue weighted by Gasteiger charge is 2.19. The number of rotatable bonds is 3. The number of ether oxygens (including phenoxy) is 1. The average Bonchev–Trinajstić information content (AvgIpc) is 2.26. The van der Waals surface area contributed by atoms with Crippen molar-refractivity contribution >= 4 is 11.9 Å². The van der Waals surface area contributed by atoms with E-state index in [1.165, 1.54) is 0 Å². The number of hydrogen-bond acceptors (Lipinski definition) is 3. The number of hydrogen-bond donors (Lipinski definition) is 2. The molecule has 2 amide bonds. The fourth-order valence-corrected chi connectivity index (χ4v) is 1.38. The fraction of sp³-hybridized carbons (Fsp3) is 0.778. The molecule has 86 valence electrons. The second-order valence-electron chi connectivity index (χ2n) is 3.58. The van der Waals surface area contributed by atoms with Gasteiger partial charge in [-0.1, -0.05) is 0 Å². The summed E-state index contributed by atoms with van der Waals surface area (Å²) < 4.78 is 5.16. The molecule has 0 atom stereocenters. The first-order valence-electron chi connectivity index (χ1n) is 5.02. The summed E-state index contributed by atoms with van der Waals surface area (Å²) in [6, 6.07) is -0.0143. The van der Waals surface area contributed by atoms with Gasteiger partial charge in [0.1, 0.15) is 0 Å². The largest absolute Gasteiger partial charge is 0.388 e. The van der Waals surface area contributed by atoms with E-state index in [0.717, 1.165) is 0 Å². The van der Waals surface area contributed by atoms with Gasteiger partial charge in [0.15, 0.2) is 0 Å². The van der Waals surface area contributed by atoms with Crippen molar-refractivity contribution in [3.63, 3.8) is 0 Å². The van der Waals surface area contributed by atoms with Crippen LogP contribution in [0, 0.1) is 5.41 Å². The Morgan fingerprint density at radius 1 is 1.53 bits per heavy atom. The Balaban J connectivity index is 2.33. The van der Waals surface area contributed by atoms with Crippen molar-refractivity contribution < 1.29 is 9.53 Å². The monoisotopic (exact) mass is 214 g/mol. The van der Waals surface area contributed by atoms with E-state index in [9.17, 15) is 4.79 Å². The van der Waals surface area contributed by atoms with Crippen LogP contribution in [0.25, 0.3) is 0 Å². The molecule has 6 heteroatoms. The molecule has 1 saturated heterocycles. The van der Waals surface area contributed by atoms with Gasteiger partial charge in [-0.15, -0.1) is 0 Å². The second kappa shape index (κ2) is 5.55. The quantitative estimate of drug-likeness (QED) is 0.499. The molecule has 1 aliphatic heterocycles. The minimum absolute atomic E-state index is 0.0143. The van der Waals surface area contributed by atoms with Crippen LogP contribution in [-0.4, -0.2) is 61.6 Å². The van der Waals surface area contributed by atoms with E-state index in [2.05, 4.69) is 0 Å². The predicted molar refractivity (Wildman–Crippen MR) is 56.9 cm³/mol. The SMILES string of the molecule is CN(CCC(=N)N)C(=O)N1CCOCC1. The van der Waals surface area contributed by atoms with Crippen LogP contribution in [0.4, 0.5) is 4.79 Å². The Hall–Kier alpha value is -1.30. The van der Waals surface area contributed by atoms with Crippen LogP contribution in [0.15, 0.2) is 0 Å². The molecular weight excluding hydrogens is 196 g/mol. The first-order chi connectivity index (χ1) is 7.11. The topological polar surface area (TPSA) is 82.7 Å². The van der Waals surface area contributed by atoms with Crippen molar-refractivity contribution in [3.8, 4) is 0 Å². The van der Waals surface area contributed by atoms with Crippen molar-refractivity contribution in [3.05, 3.63) is 0 Å². The van der Waals surface area contributed by atoms with E-state index in [-0.39, 0.29) is 11.9 Å². The number of carbonyl (C=O) groups is 1. The molecule has 0 aromatic carbocycles. The Labute approximate surface area is 89.5 Å². The van der Waals surface area contributed by atoms with E-state index in [1.807, 2.05) is 0 Å². The number of amides is 2. The highest BCUT2D eigenvalue weighted by atomic mass is 16.5. The molecule has 0 spiro atoms. The van der Waals surface area contributed by atoms with Crippen molar-refractivity contribution in [2.45, 2.75) is 6.42 Å². The lowest BCUT2D eigenvalue weighted by molar-refractivity contribution is 0.0455. The van der Waals surface area contributed by atoms with Crippen molar-refractivity contribution in [2.75, 3.05) is 39.9 Å². The van der Waals surface area contributed by atoms with Crippen molar-refractivity contribution in [2.24, 2.45) is 5.73 Å². The van der Waals surface area contributed by atoms with E-state index < -0.39 is 0 Å². The first-order valence-corrected chi connectivity index (χ1v) is 5.02. The molecule has 1 fully saturated rings. The highest BCUT2D eigenvalue weighted by molar-refractivity contribution is 5.78. The van der Waals surface area contributed by atoms with Crippen LogP contribution in [0.1, 0.15) is 6.42 Å². The minimum Gasteiger partial charge on any atom is -0.388 e. The summed E-state index contributed by atoms with van der Waals surface area (Å²) >= 11 is 0. The normalized spacial score (nSPS) is 16.2. The van der Waals surface area contributed by atoms with Gasteiger partial charge in [-0.25, -0.2) is 4.79 Å². The molecule has 0 bridgehead atoms. The van der Waals surface area contributed by atoms with Crippen molar-refractivity contribution in [1.82, 2.24) is 9.80 Å². The van der Waals surface area contributed by atoms with E-state index in [0.29, 0.717) is 39.3 Å². The third-order valence-corrected chi connectivity index (χ3v) is 2.32. The summed E-state index contributed by atoms with van der Waals surface area (Å²) in [7, 11) is 1.72. The number of nitrogens with one attached hydrogen (secondary N) is 1. The summed E-state index contributed by atoms with van der Waals surface area (Å²) in [4.78, 5) is 15.1. The van der Waals surface area contributed by atoms with Gasteiger partial charge in [-0.05, 0) is 0 Å². The zero-order chi connectivity index (χ0) is 11.3. The Morgan fingerprint density at radius 2 is 2.13 bits per heavy atom. The molecule has 0 unspecified atom stereocenters. The maximum absolute atomic E-state index is 11.8. The molecule has 0 radical (unpaired) electrons. The molecule has 0 aliphatic carbocycles. The van der Waals surface area contributed by atoms with Gasteiger partial charge in [0, 0.05) is 33.1 Å². The maximum atomic E-state index is 11.8. The Morgan fingerprint density at radius 3 is 2.67 bits per heavy atom. The van der Waals surface area contributed by atoms with E-state index in [1.54, 1.807) is 16.8 Å². The Kier molecular flexibility index (Phi) is 4.36.